The van der Waals surface area contributed by atoms with Crippen molar-refractivity contribution in [2.24, 2.45) is 0 Å². The van der Waals surface area contributed by atoms with Crippen LogP contribution in [0.2, 0.25) is 0 Å². The molecule has 0 radical (unpaired) electrons. The number of aromatic amines is 2. The van der Waals surface area contributed by atoms with Crippen molar-refractivity contribution in [3.05, 3.63) is 49.0 Å². The van der Waals surface area contributed by atoms with E-state index in [0.717, 1.165) is 3.79 Å². The number of aryl methyl sites for hydroxylation is 1. The minimum absolute atomic E-state index is 0.202. The van der Waals surface area contributed by atoms with E-state index in [0.29, 0.717) is 51.3 Å². The Hall–Kier alpha value is -2.85. The number of benzene rings is 1. The van der Waals surface area contributed by atoms with E-state index in [1.807, 2.05) is 13.8 Å². The molecule has 0 fully saturated rings. The predicted molar refractivity (Wildman–Crippen MR) is 118 cm³/mol. The molecule has 2 amide bonds. The molecule has 1 aromatic carbocycles. The number of nitrogens with one attached hydrogen (secondary N) is 4. The van der Waals surface area contributed by atoms with Gasteiger partial charge in [-0.3, -0.25) is 14.2 Å². The lowest BCUT2D eigenvalue weighted by molar-refractivity contribution is 0.0958. The van der Waals surface area contributed by atoms with Crippen LogP contribution in [-0.2, 0) is 6.54 Å². The van der Waals surface area contributed by atoms with Crippen molar-refractivity contribution in [3.8, 4) is 0 Å². The van der Waals surface area contributed by atoms with E-state index >= 15 is 0 Å². The number of halogens is 1. The van der Waals surface area contributed by atoms with Crippen LogP contribution in [0, 0.1) is 0 Å². The summed E-state index contributed by atoms with van der Waals surface area (Å²) in [6.45, 7) is 4.66. The molecular weight excluding hydrogens is 458 g/mol. The number of anilines is 1. The number of imidazole rings is 1. The Balaban J connectivity index is 1.88. The Kier molecular flexibility index (Phi) is 5.05. The van der Waals surface area contributed by atoms with Crippen LogP contribution in [0.5, 0.6) is 0 Å². The number of carbonyl (C=O) groups excluding carboxylic acids is 2. The van der Waals surface area contributed by atoms with E-state index < -0.39 is 0 Å². The number of hydrogen-bond donors (Lipinski definition) is 4. The highest BCUT2D eigenvalue weighted by molar-refractivity contribution is 9.11. The number of nitrogens with zero attached hydrogens (tertiary/aromatic N) is 1. The Morgan fingerprint density at radius 2 is 1.93 bits per heavy atom. The van der Waals surface area contributed by atoms with Gasteiger partial charge < -0.3 is 20.6 Å². The first kappa shape index (κ1) is 19.5. The van der Waals surface area contributed by atoms with Crippen LogP contribution < -0.4 is 16.3 Å². The average molecular weight is 476 g/mol. The van der Waals surface area contributed by atoms with Crippen molar-refractivity contribution >= 4 is 66.8 Å². The SMILES string of the molecule is CCNC(=O)c1c(NC(=O)c2ccc(Br)s2)[nH]c2cc3[nH]c(=O)n(CC)c3cc12. The second kappa shape index (κ2) is 7.53. The first-order valence-electron chi connectivity index (χ1n) is 9.06. The van der Waals surface area contributed by atoms with Gasteiger partial charge in [-0.05, 0) is 54.0 Å². The lowest BCUT2D eigenvalue weighted by Crippen LogP contribution is -2.24. The molecule has 0 unspecified atom stereocenters. The molecule has 0 aliphatic rings. The highest BCUT2D eigenvalue weighted by Gasteiger charge is 2.22. The highest BCUT2D eigenvalue weighted by Crippen LogP contribution is 2.31. The third-order valence-electron chi connectivity index (χ3n) is 4.61. The second-order valence-electron chi connectivity index (χ2n) is 6.38. The molecule has 0 aliphatic carbocycles. The van der Waals surface area contributed by atoms with Crippen LogP contribution in [0.3, 0.4) is 0 Å². The van der Waals surface area contributed by atoms with Gasteiger partial charge in [0.15, 0.2) is 0 Å². The third kappa shape index (κ3) is 3.38. The summed E-state index contributed by atoms with van der Waals surface area (Å²) in [5, 5.41) is 6.23. The summed E-state index contributed by atoms with van der Waals surface area (Å²) in [6.07, 6.45) is 0. The molecular formula is C19H18BrN5O3S. The summed E-state index contributed by atoms with van der Waals surface area (Å²) in [4.78, 5) is 44.0. The Morgan fingerprint density at radius 3 is 2.59 bits per heavy atom. The van der Waals surface area contributed by atoms with Crippen molar-refractivity contribution in [1.29, 1.82) is 0 Å². The normalized spacial score (nSPS) is 11.3. The first-order valence-corrected chi connectivity index (χ1v) is 10.7. The molecule has 4 rings (SSSR count). The Morgan fingerprint density at radius 1 is 1.14 bits per heavy atom. The molecule has 0 saturated carbocycles. The van der Waals surface area contributed by atoms with Gasteiger partial charge in [0.05, 0.1) is 30.8 Å². The number of H-pyrrole nitrogens is 2. The molecule has 29 heavy (non-hydrogen) atoms. The topological polar surface area (TPSA) is 112 Å². The molecule has 0 atom stereocenters. The monoisotopic (exact) mass is 475 g/mol. The molecule has 4 N–H and O–H groups in total. The van der Waals surface area contributed by atoms with E-state index in [1.54, 1.807) is 28.8 Å². The van der Waals surface area contributed by atoms with Crippen LogP contribution in [0.4, 0.5) is 5.82 Å². The number of carbonyl (C=O) groups is 2. The Bertz CT molecular complexity index is 1310. The van der Waals surface area contributed by atoms with Gasteiger partial charge in [-0.15, -0.1) is 11.3 Å². The van der Waals surface area contributed by atoms with Crippen molar-refractivity contribution in [2.75, 3.05) is 11.9 Å². The zero-order chi connectivity index (χ0) is 20.7. The fourth-order valence-corrected chi connectivity index (χ4v) is 4.63. The van der Waals surface area contributed by atoms with Crippen LogP contribution in [0.15, 0.2) is 32.8 Å². The molecule has 8 nitrogen and oxygen atoms in total. The van der Waals surface area contributed by atoms with Crippen molar-refractivity contribution < 1.29 is 9.59 Å². The maximum absolute atomic E-state index is 12.8. The van der Waals surface area contributed by atoms with Crippen molar-refractivity contribution in [3.63, 3.8) is 0 Å². The maximum Gasteiger partial charge on any atom is 0.326 e. The fraction of sp³-hybridized carbons (Fsp3) is 0.211. The van der Waals surface area contributed by atoms with Crippen LogP contribution >= 0.6 is 27.3 Å². The van der Waals surface area contributed by atoms with Gasteiger partial charge in [-0.2, -0.15) is 0 Å². The summed E-state index contributed by atoms with van der Waals surface area (Å²) in [7, 11) is 0. The van der Waals surface area contributed by atoms with E-state index in [2.05, 4.69) is 36.5 Å². The molecule has 150 valence electrons. The number of aromatic nitrogens is 3. The predicted octanol–water partition coefficient (Wildman–Crippen LogP) is 3.66. The van der Waals surface area contributed by atoms with Crippen molar-refractivity contribution in [2.45, 2.75) is 20.4 Å². The molecule has 0 bridgehead atoms. The molecule has 0 saturated heterocycles. The number of amides is 2. The van der Waals surface area contributed by atoms with Gasteiger partial charge in [0.25, 0.3) is 11.8 Å². The largest absolute Gasteiger partial charge is 0.352 e. The minimum Gasteiger partial charge on any atom is -0.352 e. The standard InChI is InChI=1S/C19H18BrN5O3S/c1-3-21-18(27)15-9-7-12-11(23-19(28)25(12)4-2)8-10(9)22-16(15)24-17(26)13-5-6-14(20)29-13/h5-8,22H,3-4H2,1-2H3,(H,21,27)(H,23,28)(H,24,26). The van der Waals surface area contributed by atoms with E-state index in [9.17, 15) is 14.4 Å². The molecule has 0 spiro atoms. The van der Waals surface area contributed by atoms with Gasteiger partial charge in [-0.25, -0.2) is 4.79 Å². The second-order valence-corrected chi connectivity index (χ2v) is 8.84. The summed E-state index contributed by atoms with van der Waals surface area (Å²) < 4.78 is 2.44. The quantitative estimate of drug-likeness (QED) is 0.353. The van der Waals surface area contributed by atoms with Gasteiger partial charge >= 0.3 is 5.69 Å². The van der Waals surface area contributed by atoms with Gasteiger partial charge in [0.1, 0.15) is 5.82 Å². The summed E-state index contributed by atoms with van der Waals surface area (Å²) in [6, 6.07) is 7.08. The zero-order valence-corrected chi connectivity index (χ0v) is 18.1. The lowest BCUT2D eigenvalue weighted by Gasteiger charge is -2.06. The minimum atomic E-state index is -0.311. The molecule has 0 aliphatic heterocycles. The van der Waals surface area contributed by atoms with Gasteiger partial charge in [-0.1, -0.05) is 0 Å². The molecule has 3 heterocycles. The molecule has 3 aromatic heterocycles. The lowest BCUT2D eigenvalue weighted by atomic mass is 10.1. The average Bonchev–Trinajstić information content (AvgIpc) is 3.33. The number of fused-ring (bicyclic) bond motifs is 2. The van der Waals surface area contributed by atoms with E-state index in [4.69, 9.17) is 0 Å². The first-order chi connectivity index (χ1) is 13.9. The summed E-state index contributed by atoms with van der Waals surface area (Å²) in [5.74, 6) is -0.297. The fourth-order valence-electron chi connectivity index (χ4n) is 3.35. The number of rotatable bonds is 5. The number of thiophene rings is 1. The molecule has 4 aromatic rings. The van der Waals surface area contributed by atoms with Crippen LogP contribution in [-0.4, -0.2) is 32.9 Å². The third-order valence-corrected chi connectivity index (χ3v) is 6.23. The number of hydrogen-bond acceptors (Lipinski definition) is 4. The Labute approximate surface area is 177 Å². The maximum atomic E-state index is 12.8. The smallest absolute Gasteiger partial charge is 0.326 e. The summed E-state index contributed by atoms with van der Waals surface area (Å²) in [5.41, 5.74) is 2.14. The van der Waals surface area contributed by atoms with Gasteiger partial charge in [0.2, 0.25) is 0 Å². The zero-order valence-electron chi connectivity index (χ0n) is 15.7. The van der Waals surface area contributed by atoms with Crippen LogP contribution in [0.25, 0.3) is 21.9 Å². The van der Waals surface area contributed by atoms with Crippen LogP contribution in [0.1, 0.15) is 33.9 Å². The molecule has 10 heteroatoms. The van der Waals surface area contributed by atoms with E-state index in [1.165, 1.54) is 11.3 Å². The van der Waals surface area contributed by atoms with Gasteiger partial charge in [0, 0.05) is 18.5 Å². The summed E-state index contributed by atoms with van der Waals surface area (Å²) >= 11 is 4.65. The van der Waals surface area contributed by atoms with Crippen molar-refractivity contribution in [1.82, 2.24) is 19.9 Å². The highest BCUT2D eigenvalue weighted by atomic mass is 79.9. The van der Waals surface area contributed by atoms with E-state index in [-0.39, 0.29) is 17.5 Å².